The number of aromatic nitrogens is 2. The lowest BCUT2D eigenvalue weighted by Crippen LogP contribution is -2.54. The molecule has 1 aromatic heterocycles. The Labute approximate surface area is 231 Å². The number of aliphatic hydroxyl groups is 1. The molecule has 1 aromatic carbocycles. The molecular weight excluding hydrogens is 492 g/mol. The quantitative estimate of drug-likeness (QED) is 0.362. The van der Waals surface area contributed by atoms with Crippen molar-refractivity contribution >= 4 is 23.5 Å². The van der Waals surface area contributed by atoms with Crippen molar-refractivity contribution in [2.24, 2.45) is 17.8 Å². The van der Waals surface area contributed by atoms with Crippen molar-refractivity contribution in [1.29, 1.82) is 5.26 Å². The van der Waals surface area contributed by atoms with E-state index in [-0.39, 0.29) is 6.10 Å². The highest BCUT2D eigenvalue weighted by Crippen LogP contribution is 2.46. The Morgan fingerprint density at radius 2 is 1.82 bits per heavy atom. The Hall–Kier alpha value is -2.34. The van der Waals surface area contributed by atoms with Gasteiger partial charge in [-0.15, -0.1) is 11.8 Å². The summed E-state index contributed by atoms with van der Waals surface area (Å²) in [7, 11) is 2.35. The molecule has 7 nitrogen and oxygen atoms in total. The van der Waals surface area contributed by atoms with Gasteiger partial charge in [0.1, 0.15) is 17.5 Å². The maximum Gasteiger partial charge on any atom is 0.224 e. The van der Waals surface area contributed by atoms with Crippen molar-refractivity contribution in [1.82, 2.24) is 14.9 Å². The number of nitriles is 1. The fourth-order valence-electron chi connectivity index (χ4n) is 7.32. The van der Waals surface area contributed by atoms with Crippen LogP contribution in [0.1, 0.15) is 68.9 Å². The molecule has 0 saturated heterocycles. The van der Waals surface area contributed by atoms with Gasteiger partial charge in [0, 0.05) is 30.1 Å². The van der Waals surface area contributed by atoms with Crippen molar-refractivity contribution in [3.05, 3.63) is 41.6 Å². The minimum atomic E-state index is -0.0945. The number of aliphatic hydroxyl groups excluding tert-OH is 1. The minimum absolute atomic E-state index is 0.0945. The van der Waals surface area contributed by atoms with Gasteiger partial charge in [0.15, 0.2) is 0 Å². The lowest BCUT2D eigenvalue weighted by atomic mass is 9.64. The third-order valence-corrected chi connectivity index (χ3v) is 10.0. The summed E-state index contributed by atoms with van der Waals surface area (Å²) in [5.41, 5.74) is 1.70. The molecule has 0 amide bonds. The molecule has 0 radical (unpaired) electrons. The smallest absolute Gasteiger partial charge is 0.224 e. The third-order valence-electron chi connectivity index (χ3n) is 9.20. The first-order valence-electron chi connectivity index (χ1n) is 14.3. The van der Waals surface area contributed by atoms with E-state index in [1.165, 1.54) is 42.6 Å². The summed E-state index contributed by atoms with van der Waals surface area (Å²) in [6.07, 6.45) is 14.2. The topological polar surface area (TPSA) is 97.1 Å². The van der Waals surface area contributed by atoms with E-state index in [2.05, 4.69) is 63.1 Å². The van der Waals surface area contributed by atoms with Crippen LogP contribution in [0.2, 0.25) is 0 Å². The van der Waals surface area contributed by atoms with Gasteiger partial charge >= 0.3 is 0 Å². The zero-order chi connectivity index (χ0) is 26.5. The molecule has 3 aliphatic carbocycles. The second kappa shape index (κ2) is 12.7. The first-order valence-corrected chi connectivity index (χ1v) is 15.5. The van der Waals surface area contributed by atoms with Crippen molar-refractivity contribution in [3.8, 4) is 6.07 Å². The molecule has 3 saturated carbocycles. The van der Waals surface area contributed by atoms with E-state index in [0.717, 1.165) is 44.1 Å². The fourth-order valence-corrected chi connectivity index (χ4v) is 7.94. The molecular formula is C30H42N6OS. The maximum absolute atomic E-state index is 9.97. The largest absolute Gasteiger partial charge is 0.393 e. The number of anilines is 2. The second-order valence-electron chi connectivity index (χ2n) is 11.5. The van der Waals surface area contributed by atoms with Crippen molar-refractivity contribution in [2.45, 2.75) is 87.4 Å². The molecule has 204 valence electrons. The normalized spacial score (nSPS) is 29.0. The SMILES string of the molecule is CSc1ccccc1CNc1ncc(C#N)c(NCC2C[C@H]3CCC[C@@H](C2)[C@@H]3N(C)[C@H]2CC[C@H](O)CC2)n1. The van der Waals surface area contributed by atoms with Crippen LogP contribution in [0.25, 0.3) is 0 Å². The Balaban J connectivity index is 1.20. The highest BCUT2D eigenvalue weighted by Gasteiger charge is 2.43. The number of hydrogen-bond donors (Lipinski definition) is 3. The van der Waals surface area contributed by atoms with Crippen LogP contribution in [0, 0.1) is 29.1 Å². The zero-order valence-corrected chi connectivity index (χ0v) is 23.6. The van der Waals surface area contributed by atoms with Crippen LogP contribution in [0.3, 0.4) is 0 Å². The summed E-state index contributed by atoms with van der Waals surface area (Å²) in [4.78, 5) is 13.0. The van der Waals surface area contributed by atoms with E-state index in [4.69, 9.17) is 0 Å². The average molecular weight is 535 g/mol. The first-order chi connectivity index (χ1) is 18.6. The molecule has 2 bridgehead atoms. The average Bonchev–Trinajstić information content (AvgIpc) is 2.94. The summed E-state index contributed by atoms with van der Waals surface area (Å²) in [6.45, 7) is 1.49. The summed E-state index contributed by atoms with van der Waals surface area (Å²) in [5, 5.41) is 26.5. The Bertz CT molecular complexity index is 1100. The maximum atomic E-state index is 9.97. The minimum Gasteiger partial charge on any atom is -0.393 e. The number of benzene rings is 1. The van der Waals surface area contributed by atoms with Gasteiger partial charge in [-0.05, 0) is 94.1 Å². The molecule has 0 spiro atoms. The summed E-state index contributed by atoms with van der Waals surface area (Å²) >= 11 is 1.73. The van der Waals surface area contributed by atoms with Crippen molar-refractivity contribution in [3.63, 3.8) is 0 Å². The van der Waals surface area contributed by atoms with Crippen LogP contribution >= 0.6 is 11.8 Å². The van der Waals surface area contributed by atoms with Gasteiger partial charge in [-0.1, -0.05) is 24.6 Å². The molecule has 5 rings (SSSR count). The Kier molecular flexibility index (Phi) is 9.08. The van der Waals surface area contributed by atoms with E-state index in [9.17, 15) is 10.4 Å². The molecule has 2 aromatic rings. The number of hydrogen-bond acceptors (Lipinski definition) is 8. The molecule has 1 unspecified atom stereocenters. The molecule has 38 heavy (non-hydrogen) atoms. The first kappa shape index (κ1) is 27.2. The van der Waals surface area contributed by atoms with Crippen molar-refractivity contribution in [2.75, 3.05) is 30.5 Å². The predicted octanol–water partition coefficient (Wildman–Crippen LogP) is 5.52. The van der Waals surface area contributed by atoms with Crippen molar-refractivity contribution < 1.29 is 5.11 Å². The highest BCUT2D eigenvalue weighted by atomic mass is 32.2. The molecule has 3 aliphatic rings. The van der Waals surface area contributed by atoms with E-state index in [0.29, 0.717) is 41.9 Å². The highest BCUT2D eigenvalue weighted by molar-refractivity contribution is 7.98. The van der Waals surface area contributed by atoms with Gasteiger partial charge in [-0.2, -0.15) is 10.2 Å². The van der Waals surface area contributed by atoms with Gasteiger partial charge in [0.25, 0.3) is 0 Å². The third kappa shape index (κ3) is 6.27. The number of thioether (sulfide) groups is 1. The van der Waals surface area contributed by atoms with Gasteiger partial charge in [0.2, 0.25) is 5.95 Å². The van der Waals surface area contributed by atoms with Crippen LogP contribution in [-0.4, -0.2) is 58.0 Å². The Morgan fingerprint density at radius 1 is 1.08 bits per heavy atom. The van der Waals surface area contributed by atoms with Gasteiger partial charge in [0.05, 0.1) is 12.3 Å². The number of nitrogens with one attached hydrogen (secondary N) is 2. The molecule has 8 heteroatoms. The van der Waals surface area contributed by atoms with Crippen LogP contribution in [0.5, 0.6) is 0 Å². The monoisotopic (exact) mass is 534 g/mol. The van der Waals surface area contributed by atoms with Crippen LogP contribution < -0.4 is 10.6 Å². The standard InChI is InChI=1S/C30H42N6OS/c1-36(25-10-12-26(37)13-11-25)28-21-7-5-8-22(28)15-20(14-21)17-32-29-24(16-31)19-34-30(35-29)33-18-23-6-3-4-9-27(23)38-2/h3-4,6,9,19-22,25-26,28,37H,5,7-8,10-15,17-18H2,1-2H3,(H2,32,33,34,35)/t20?,21-,22+,25-,26-,28-. The predicted molar refractivity (Wildman–Crippen MR) is 154 cm³/mol. The van der Waals surface area contributed by atoms with Gasteiger partial charge < -0.3 is 15.7 Å². The lowest BCUT2D eigenvalue weighted by molar-refractivity contribution is -0.0231. The second-order valence-corrected chi connectivity index (χ2v) is 12.4. The van der Waals surface area contributed by atoms with Crippen LogP contribution in [0.15, 0.2) is 35.4 Å². The fraction of sp³-hybridized carbons (Fsp3) is 0.633. The summed E-state index contributed by atoms with van der Waals surface area (Å²) < 4.78 is 0. The number of rotatable bonds is 9. The van der Waals surface area contributed by atoms with Crippen LogP contribution in [-0.2, 0) is 6.54 Å². The molecule has 3 fully saturated rings. The van der Waals surface area contributed by atoms with E-state index in [1.54, 1.807) is 18.0 Å². The molecule has 1 heterocycles. The van der Waals surface area contributed by atoms with E-state index >= 15 is 0 Å². The van der Waals surface area contributed by atoms with Gasteiger partial charge in [-0.3, -0.25) is 4.90 Å². The molecule has 0 aliphatic heterocycles. The molecule has 4 atom stereocenters. The number of nitrogens with zero attached hydrogens (tertiary/aromatic N) is 4. The summed E-state index contributed by atoms with van der Waals surface area (Å²) in [6, 6.07) is 11.9. The summed E-state index contributed by atoms with van der Waals surface area (Å²) in [5.74, 6) is 3.24. The number of fused-ring (bicyclic) bond motifs is 2. The van der Waals surface area contributed by atoms with E-state index < -0.39 is 0 Å². The molecule has 3 N–H and O–H groups in total. The van der Waals surface area contributed by atoms with Crippen LogP contribution in [0.4, 0.5) is 11.8 Å². The van der Waals surface area contributed by atoms with E-state index in [1.807, 2.05) is 6.07 Å². The van der Waals surface area contributed by atoms with Gasteiger partial charge in [-0.25, -0.2) is 4.98 Å². The Morgan fingerprint density at radius 3 is 2.53 bits per heavy atom. The lowest BCUT2D eigenvalue weighted by Gasteiger charge is -2.52. The zero-order valence-electron chi connectivity index (χ0n) is 22.8.